The van der Waals surface area contributed by atoms with Crippen molar-refractivity contribution in [1.29, 1.82) is 0 Å². The number of fused-ring (bicyclic) bond motifs is 1. The van der Waals surface area contributed by atoms with Crippen LogP contribution in [0.4, 0.5) is 0 Å². The summed E-state index contributed by atoms with van der Waals surface area (Å²) in [5.74, 6) is 0.724. The first-order valence-corrected chi connectivity index (χ1v) is 11.4. The lowest BCUT2D eigenvalue weighted by molar-refractivity contribution is -0.131. The number of amides is 1. The summed E-state index contributed by atoms with van der Waals surface area (Å²) in [6, 6.07) is 15.0. The Hall–Kier alpha value is -3.41. The Bertz CT molecular complexity index is 1210. The molecule has 1 amide bonds. The van der Waals surface area contributed by atoms with Crippen LogP contribution in [0.1, 0.15) is 30.9 Å². The summed E-state index contributed by atoms with van der Waals surface area (Å²) in [5, 5.41) is 6.85. The van der Waals surface area contributed by atoms with Gasteiger partial charge in [0.05, 0.1) is 22.9 Å². The van der Waals surface area contributed by atoms with Gasteiger partial charge in [-0.05, 0) is 56.4 Å². The van der Waals surface area contributed by atoms with Crippen LogP contribution in [-0.4, -0.2) is 43.1 Å². The van der Waals surface area contributed by atoms with Crippen molar-refractivity contribution in [2.75, 3.05) is 6.54 Å². The maximum Gasteiger partial charge on any atom is 0.223 e. The maximum absolute atomic E-state index is 12.9. The van der Waals surface area contributed by atoms with Gasteiger partial charge in [0.2, 0.25) is 5.91 Å². The predicted molar refractivity (Wildman–Crippen MR) is 126 cm³/mol. The third kappa shape index (κ3) is 4.17. The topological polar surface area (TPSA) is 66.8 Å². The molecule has 1 N–H and O–H groups in total. The van der Waals surface area contributed by atoms with Gasteiger partial charge in [0.15, 0.2) is 0 Å². The number of rotatable bonds is 6. The van der Waals surface area contributed by atoms with E-state index >= 15 is 0 Å². The SMILES string of the molecule is Cc1ccc(CCC(=O)N2C[C@@H](Cn3ccc4nc(-c5cn[nH]c5)ccc43)C[C@H]2C)cc1. The second-order valence-corrected chi connectivity index (χ2v) is 9.04. The molecule has 2 atom stereocenters. The molecule has 0 radical (unpaired) electrons. The summed E-state index contributed by atoms with van der Waals surface area (Å²) in [6.07, 6.45) is 8.18. The minimum absolute atomic E-state index is 0.268. The van der Waals surface area contributed by atoms with Crippen molar-refractivity contribution >= 4 is 16.9 Å². The Balaban J connectivity index is 1.22. The standard InChI is InChI=1S/C26H29N5O/c1-18-3-5-20(6-4-18)7-10-26(32)31-17-21(13-19(31)2)16-30-12-11-24-25(30)9-8-23(29-24)22-14-27-28-15-22/h3-6,8-9,11-12,14-15,19,21H,7,10,13,16-17H2,1-2H3,(H,27,28)/t19-,21-/m1/s1. The second-order valence-electron chi connectivity index (χ2n) is 9.04. The van der Waals surface area contributed by atoms with Crippen LogP contribution < -0.4 is 0 Å². The number of nitrogens with zero attached hydrogens (tertiary/aromatic N) is 4. The highest BCUT2D eigenvalue weighted by Gasteiger charge is 2.32. The van der Waals surface area contributed by atoms with Crippen LogP contribution in [0, 0.1) is 12.8 Å². The fourth-order valence-corrected chi connectivity index (χ4v) is 4.83. The van der Waals surface area contributed by atoms with Gasteiger partial charge in [-0.3, -0.25) is 9.89 Å². The van der Waals surface area contributed by atoms with Gasteiger partial charge in [-0.25, -0.2) is 4.98 Å². The highest BCUT2D eigenvalue weighted by molar-refractivity contribution is 5.79. The van der Waals surface area contributed by atoms with Crippen LogP contribution in [0.5, 0.6) is 0 Å². The molecular formula is C26H29N5O. The van der Waals surface area contributed by atoms with Gasteiger partial charge in [0.1, 0.15) is 0 Å². The summed E-state index contributed by atoms with van der Waals surface area (Å²) in [7, 11) is 0. The van der Waals surface area contributed by atoms with Gasteiger partial charge in [-0.2, -0.15) is 5.10 Å². The number of aryl methyl sites for hydroxylation is 2. The number of benzene rings is 1. The van der Waals surface area contributed by atoms with Crippen molar-refractivity contribution in [3.8, 4) is 11.3 Å². The zero-order valence-electron chi connectivity index (χ0n) is 18.7. The van der Waals surface area contributed by atoms with E-state index in [2.05, 4.69) is 76.1 Å². The van der Waals surface area contributed by atoms with Gasteiger partial charge in [0.25, 0.3) is 0 Å². The zero-order valence-corrected chi connectivity index (χ0v) is 18.7. The van der Waals surface area contributed by atoms with E-state index in [1.807, 2.05) is 12.3 Å². The molecular weight excluding hydrogens is 398 g/mol. The van der Waals surface area contributed by atoms with E-state index in [-0.39, 0.29) is 11.9 Å². The molecule has 0 spiro atoms. The molecule has 1 aromatic carbocycles. The first kappa shape index (κ1) is 20.5. The number of aromatic amines is 1. The number of nitrogens with one attached hydrogen (secondary N) is 1. The molecule has 1 fully saturated rings. The van der Waals surface area contributed by atoms with E-state index in [4.69, 9.17) is 4.98 Å². The number of hydrogen-bond donors (Lipinski definition) is 1. The smallest absolute Gasteiger partial charge is 0.223 e. The summed E-state index contributed by atoms with van der Waals surface area (Å²) >= 11 is 0. The molecule has 3 aromatic heterocycles. The molecule has 4 heterocycles. The highest BCUT2D eigenvalue weighted by Crippen LogP contribution is 2.28. The van der Waals surface area contributed by atoms with Gasteiger partial charge in [-0.15, -0.1) is 0 Å². The molecule has 32 heavy (non-hydrogen) atoms. The van der Waals surface area contributed by atoms with E-state index in [1.165, 1.54) is 11.1 Å². The van der Waals surface area contributed by atoms with Crippen LogP contribution >= 0.6 is 0 Å². The lowest BCUT2D eigenvalue weighted by Crippen LogP contribution is -2.34. The monoisotopic (exact) mass is 427 g/mol. The third-order valence-electron chi connectivity index (χ3n) is 6.60. The minimum atomic E-state index is 0.268. The van der Waals surface area contributed by atoms with E-state index in [0.29, 0.717) is 12.3 Å². The van der Waals surface area contributed by atoms with Crippen molar-refractivity contribution < 1.29 is 4.79 Å². The second kappa shape index (κ2) is 8.61. The molecule has 1 saturated heterocycles. The number of pyridine rings is 1. The number of H-pyrrole nitrogens is 1. The van der Waals surface area contributed by atoms with Crippen molar-refractivity contribution in [1.82, 2.24) is 24.6 Å². The fraction of sp³-hybridized carbons (Fsp3) is 0.346. The van der Waals surface area contributed by atoms with Crippen LogP contribution in [0.2, 0.25) is 0 Å². The Kier molecular flexibility index (Phi) is 5.52. The van der Waals surface area contributed by atoms with Crippen molar-refractivity contribution in [3.05, 3.63) is 72.2 Å². The van der Waals surface area contributed by atoms with Gasteiger partial charge in [0, 0.05) is 43.5 Å². The van der Waals surface area contributed by atoms with E-state index < -0.39 is 0 Å². The number of aromatic nitrogens is 4. The summed E-state index contributed by atoms with van der Waals surface area (Å²) < 4.78 is 2.28. The molecule has 0 aliphatic carbocycles. The molecule has 5 rings (SSSR count). The molecule has 0 bridgehead atoms. The number of hydrogen-bond acceptors (Lipinski definition) is 3. The zero-order chi connectivity index (χ0) is 22.1. The number of likely N-dealkylation sites (tertiary alicyclic amines) is 1. The van der Waals surface area contributed by atoms with Crippen molar-refractivity contribution in [2.45, 2.75) is 45.7 Å². The van der Waals surface area contributed by atoms with E-state index in [9.17, 15) is 4.79 Å². The Morgan fingerprint density at radius 2 is 2.00 bits per heavy atom. The van der Waals surface area contributed by atoms with E-state index in [0.717, 1.165) is 48.2 Å². The van der Waals surface area contributed by atoms with Crippen molar-refractivity contribution in [2.24, 2.45) is 5.92 Å². The molecule has 0 unspecified atom stereocenters. The van der Waals surface area contributed by atoms with Crippen molar-refractivity contribution in [3.63, 3.8) is 0 Å². The summed E-state index contributed by atoms with van der Waals surface area (Å²) in [6.45, 7) is 6.00. The minimum Gasteiger partial charge on any atom is -0.346 e. The average Bonchev–Trinajstić information content (AvgIpc) is 3.54. The van der Waals surface area contributed by atoms with Crippen LogP contribution in [0.25, 0.3) is 22.3 Å². The van der Waals surface area contributed by atoms with Crippen LogP contribution in [0.3, 0.4) is 0 Å². The summed E-state index contributed by atoms with van der Waals surface area (Å²) in [4.78, 5) is 19.8. The maximum atomic E-state index is 12.9. The largest absolute Gasteiger partial charge is 0.346 e. The molecule has 1 aliphatic rings. The van der Waals surface area contributed by atoms with E-state index in [1.54, 1.807) is 6.20 Å². The highest BCUT2D eigenvalue weighted by atomic mass is 16.2. The Morgan fingerprint density at radius 3 is 2.78 bits per heavy atom. The first-order valence-electron chi connectivity index (χ1n) is 11.4. The Labute approximate surface area is 188 Å². The number of carbonyl (C=O) groups is 1. The van der Waals surface area contributed by atoms with Crippen LogP contribution in [0.15, 0.2) is 61.1 Å². The van der Waals surface area contributed by atoms with Crippen LogP contribution in [-0.2, 0) is 17.8 Å². The fourth-order valence-electron chi connectivity index (χ4n) is 4.83. The van der Waals surface area contributed by atoms with Gasteiger partial charge in [-0.1, -0.05) is 29.8 Å². The normalized spacial score (nSPS) is 18.5. The van der Waals surface area contributed by atoms with Gasteiger partial charge < -0.3 is 9.47 Å². The molecule has 6 heteroatoms. The molecule has 4 aromatic rings. The average molecular weight is 428 g/mol. The lowest BCUT2D eigenvalue weighted by Gasteiger charge is -2.21. The van der Waals surface area contributed by atoms with Gasteiger partial charge >= 0.3 is 0 Å². The molecule has 1 aliphatic heterocycles. The first-order chi connectivity index (χ1) is 15.6. The third-order valence-corrected chi connectivity index (χ3v) is 6.60. The molecule has 6 nitrogen and oxygen atoms in total. The molecule has 164 valence electrons. The number of carbonyl (C=O) groups excluding carboxylic acids is 1. The quantitative estimate of drug-likeness (QED) is 0.489. The predicted octanol–water partition coefficient (Wildman–Crippen LogP) is 4.60. The summed E-state index contributed by atoms with van der Waals surface area (Å²) in [5.41, 5.74) is 6.51. The molecule has 0 saturated carbocycles. The Morgan fingerprint density at radius 1 is 1.16 bits per heavy atom. The lowest BCUT2D eigenvalue weighted by atomic mass is 10.1.